The molecular weight excluding hydrogens is 400 g/mol. The summed E-state index contributed by atoms with van der Waals surface area (Å²) in [6.07, 6.45) is 0. The van der Waals surface area contributed by atoms with Gasteiger partial charge in [0, 0.05) is 5.02 Å². The minimum Gasteiger partial charge on any atom is -0.509 e. The molecule has 1 aromatic heterocycles. The summed E-state index contributed by atoms with van der Waals surface area (Å²) in [6.45, 7) is 1.83. The second-order valence-electron chi connectivity index (χ2n) is 5.54. The van der Waals surface area contributed by atoms with Crippen molar-refractivity contribution in [2.75, 3.05) is 12.4 Å². The number of thioether (sulfide) groups is 1. The molecule has 9 heteroatoms. The second-order valence-corrected chi connectivity index (χ2v) is 6.94. The van der Waals surface area contributed by atoms with Crippen molar-refractivity contribution in [2.24, 2.45) is 10.2 Å². The summed E-state index contributed by atoms with van der Waals surface area (Å²) in [6, 6.07) is 14.2. The van der Waals surface area contributed by atoms with E-state index < -0.39 is 5.97 Å². The Morgan fingerprint density at radius 2 is 2.00 bits per heavy atom. The first-order valence-electron chi connectivity index (χ1n) is 8.41. The molecule has 0 bridgehead atoms. The van der Waals surface area contributed by atoms with E-state index in [1.807, 2.05) is 24.3 Å². The van der Waals surface area contributed by atoms with Crippen LogP contribution in [0.3, 0.4) is 0 Å². The van der Waals surface area contributed by atoms with Crippen molar-refractivity contribution < 1.29 is 14.6 Å². The summed E-state index contributed by atoms with van der Waals surface area (Å²) < 4.78 is 4.97. The number of esters is 1. The molecule has 3 rings (SSSR count). The van der Waals surface area contributed by atoms with Crippen molar-refractivity contribution in [3.63, 3.8) is 0 Å². The molecule has 0 radical (unpaired) electrons. The summed E-state index contributed by atoms with van der Waals surface area (Å²) in [5.74, 6) is -0.919. The van der Waals surface area contributed by atoms with Crippen molar-refractivity contribution in [3.05, 3.63) is 65.0 Å². The molecule has 28 heavy (non-hydrogen) atoms. The fraction of sp³-hybridized carbons (Fsp3) is 0.158. The topological polar surface area (TPSA) is 99.9 Å². The minimum atomic E-state index is -0.747. The number of aromatic amines is 1. The predicted octanol–water partition coefficient (Wildman–Crippen LogP) is 5.43. The van der Waals surface area contributed by atoms with E-state index in [0.717, 1.165) is 11.0 Å². The third-order valence-electron chi connectivity index (χ3n) is 3.55. The largest absolute Gasteiger partial charge is 0.509 e. The highest BCUT2D eigenvalue weighted by Gasteiger charge is 2.17. The van der Waals surface area contributed by atoms with Gasteiger partial charge in [-0.15, -0.1) is 5.11 Å². The maximum Gasteiger partial charge on any atom is 0.362 e. The lowest BCUT2D eigenvalue weighted by Gasteiger charge is -2.05. The molecule has 7 nitrogen and oxygen atoms in total. The van der Waals surface area contributed by atoms with Crippen molar-refractivity contribution >= 4 is 46.1 Å². The number of para-hydroxylation sites is 2. The highest BCUT2D eigenvalue weighted by atomic mass is 35.5. The Morgan fingerprint density at radius 3 is 2.71 bits per heavy atom. The molecule has 144 valence electrons. The van der Waals surface area contributed by atoms with Gasteiger partial charge in [0.2, 0.25) is 5.70 Å². The van der Waals surface area contributed by atoms with Gasteiger partial charge in [-0.2, -0.15) is 5.11 Å². The number of aromatic nitrogens is 2. The number of hydrogen-bond acceptors (Lipinski definition) is 7. The Balaban J connectivity index is 1.79. The summed E-state index contributed by atoms with van der Waals surface area (Å²) in [7, 11) is 0. The summed E-state index contributed by atoms with van der Waals surface area (Å²) in [5, 5.41) is 19.4. The van der Waals surface area contributed by atoms with Crippen molar-refractivity contribution in [3.8, 4) is 0 Å². The number of ether oxygens (including phenoxy) is 1. The number of aliphatic hydroxyl groups excluding tert-OH is 1. The number of rotatable bonds is 7. The number of nitrogens with one attached hydrogen (secondary N) is 1. The Morgan fingerprint density at radius 1 is 1.25 bits per heavy atom. The number of hydrogen-bond donors (Lipinski definition) is 2. The van der Waals surface area contributed by atoms with E-state index in [2.05, 4.69) is 20.2 Å². The fourth-order valence-corrected chi connectivity index (χ4v) is 3.12. The molecule has 2 aromatic carbocycles. The third kappa shape index (κ3) is 5.11. The van der Waals surface area contributed by atoms with Crippen LogP contribution in [0.5, 0.6) is 0 Å². The SMILES string of the molecule is CCOC(=O)/C(N=Nc1ccc(Cl)cc1)=C(/O)CSc1nc2ccccc2[nH]1. The standard InChI is InChI=1S/C19H17ClN4O3S/c1-2-27-18(26)17(24-23-13-9-7-12(20)8-10-13)16(25)11-28-19-21-14-5-3-4-6-15(14)22-19/h3-10,25H,2,11H2,1H3,(H,21,22)/b17-16-,24-23?. The number of H-pyrrole nitrogens is 1. The van der Waals surface area contributed by atoms with Crippen LogP contribution in [0.4, 0.5) is 5.69 Å². The average molecular weight is 417 g/mol. The van der Waals surface area contributed by atoms with Gasteiger partial charge in [-0.1, -0.05) is 35.5 Å². The van der Waals surface area contributed by atoms with Gasteiger partial charge in [0.05, 0.1) is 29.1 Å². The number of benzene rings is 2. The van der Waals surface area contributed by atoms with Gasteiger partial charge in [0.15, 0.2) is 5.16 Å². The molecular formula is C19H17ClN4O3S. The molecule has 0 fully saturated rings. The number of halogens is 1. The van der Waals surface area contributed by atoms with Gasteiger partial charge in [0.25, 0.3) is 0 Å². The number of azo groups is 1. The molecule has 0 unspecified atom stereocenters. The van der Waals surface area contributed by atoms with Crippen molar-refractivity contribution in [2.45, 2.75) is 12.1 Å². The number of nitrogens with zero attached hydrogens (tertiary/aromatic N) is 3. The van der Waals surface area contributed by atoms with Crippen LogP contribution >= 0.6 is 23.4 Å². The Bertz CT molecular complexity index is 998. The highest BCUT2D eigenvalue weighted by Crippen LogP contribution is 2.23. The Hall–Kier alpha value is -2.84. The summed E-state index contributed by atoms with van der Waals surface area (Å²) >= 11 is 7.08. The maximum absolute atomic E-state index is 12.2. The van der Waals surface area contributed by atoms with E-state index in [1.54, 1.807) is 31.2 Å². The van der Waals surface area contributed by atoms with Crippen LogP contribution < -0.4 is 0 Å². The number of imidazole rings is 1. The van der Waals surface area contributed by atoms with E-state index in [1.165, 1.54) is 11.8 Å². The van der Waals surface area contributed by atoms with E-state index in [4.69, 9.17) is 16.3 Å². The zero-order valence-electron chi connectivity index (χ0n) is 14.9. The lowest BCUT2D eigenvalue weighted by Crippen LogP contribution is -2.09. The number of fused-ring (bicyclic) bond motifs is 1. The van der Waals surface area contributed by atoms with E-state index in [-0.39, 0.29) is 23.8 Å². The maximum atomic E-state index is 12.2. The fourth-order valence-electron chi connectivity index (χ4n) is 2.23. The number of carbonyl (C=O) groups is 1. The minimum absolute atomic E-state index is 0.0770. The summed E-state index contributed by atoms with van der Waals surface area (Å²) in [5.41, 5.74) is 1.95. The van der Waals surface area contributed by atoms with Gasteiger partial charge >= 0.3 is 5.97 Å². The first-order valence-corrected chi connectivity index (χ1v) is 9.77. The van der Waals surface area contributed by atoms with Crippen molar-refractivity contribution in [1.29, 1.82) is 0 Å². The molecule has 0 spiro atoms. The molecule has 2 N–H and O–H groups in total. The Kier molecular flexibility index (Phi) is 6.67. The predicted molar refractivity (Wildman–Crippen MR) is 109 cm³/mol. The zero-order chi connectivity index (χ0) is 19.9. The van der Waals surface area contributed by atoms with Crippen LogP contribution in [0.15, 0.2) is 75.4 Å². The number of carbonyl (C=O) groups excluding carboxylic acids is 1. The molecule has 0 saturated heterocycles. The van der Waals surface area contributed by atoms with Crippen LogP contribution in [0, 0.1) is 0 Å². The van der Waals surface area contributed by atoms with Gasteiger partial charge in [0.1, 0.15) is 5.76 Å². The first kappa shape index (κ1) is 19.9. The van der Waals surface area contributed by atoms with Crippen LogP contribution in [0.25, 0.3) is 11.0 Å². The first-order chi connectivity index (χ1) is 13.6. The quantitative estimate of drug-likeness (QED) is 0.176. The zero-order valence-corrected chi connectivity index (χ0v) is 16.5. The smallest absolute Gasteiger partial charge is 0.362 e. The molecule has 0 atom stereocenters. The van der Waals surface area contributed by atoms with E-state index in [9.17, 15) is 9.90 Å². The summed E-state index contributed by atoms with van der Waals surface area (Å²) in [4.78, 5) is 19.7. The molecule has 0 amide bonds. The van der Waals surface area contributed by atoms with Crippen LogP contribution in [0.1, 0.15) is 6.92 Å². The molecule has 3 aromatic rings. The van der Waals surface area contributed by atoms with Gasteiger partial charge in [-0.05, 0) is 43.3 Å². The lowest BCUT2D eigenvalue weighted by molar-refractivity contribution is -0.138. The van der Waals surface area contributed by atoms with E-state index in [0.29, 0.717) is 15.9 Å². The molecule has 1 heterocycles. The molecule has 0 aliphatic heterocycles. The van der Waals surface area contributed by atoms with Crippen LogP contribution in [-0.4, -0.2) is 33.4 Å². The monoisotopic (exact) mass is 416 g/mol. The lowest BCUT2D eigenvalue weighted by atomic mass is 10.3. The van der Waals surface area contributed by atoms with Gasteiger partial charge in [-0.25, -0.2) is 9.78 Å². The van der Waals surface area contributed by atoms with Gasteiger partial charge < -0.3 is 14.8 Å². The van der Waals surface area contributed by atoms with Crippen molar-refractivity contribution in [1.82, 2.24) is 9.97 Å². The third-order valence-corrected chi connectivity index (χ3v) is 4.68. The van der Waals surface area contributed by atoms with E-state index >= 15 is 0 Å². The van der Waals surface area contributed by atoms with Gasteiger partial charge in [-0.3, -0.25) is 0 Å². The molecule has 0 saturated carbocycles. The van der Waals surface area contributed by atoms with Crippen LogP contribution in [0.2, 0.25) is 5.02 Å². The number of aliphatic hydroxyl groups is 1. The average Bonchev–Trinajstić information content (AvgIpc) is 3.11. The Labute approximate surface area is 170 Å². The molecule has 0 aliphatic rings. The normalized spacial score (nSPS) is 12.4. The second kappa shape index (κ2) is 9.38. The highest BCUT2D eigenvalue weighted by molar-refractivity contribution is 7.99. The molecule has 0 aliphatic carbocycles. The van der Waals surface area contributed by atoms with Crippen LogP contribution in [-0.2, 0) is 9.53 Å².